The predicted octanol–water partition coefficient (Wildman–Crippen LogP) is 3.12. The Bertz CT molecular complexity index is 485. The van der Waals surface area contributed by atoms with Crippen LogP contribution in [0.3, 0.4) is 0 Å². The number of carbonyl (C=O) groups is 1. The van der Waals surface area contributed by atoms with Gasteiger partial charge in [-0.3, -0.25) is 4.79 Å². The molecule has 2 atom stereocenters. The van der Waals surface area contributed by atoms with Gasteiger partial charge in [-0.1, -0.05) is 18.2 Å². The molecule has 21 heavy (non-hydrogen) atoms. The molecule has 0 radical (unpaired) electrons. The van der Waals surface area contributed by atoms with E-state index >= 15 is 0 Å². The van der Waals surface area contributed by atoms with Gasteiger partial charge in [0.1, 0.15) is 0 Å². The van der Waals surface area contributed by atoms with Crippen molar-refractivity contribution in [2.45, 2.75) is 43.0 Å². The Morgan fingerprint density at radius 2 is 2.24 bits per heavy atom. The molecule has 1 aromatic carbocycles. The maximum atomic E-state index is 12.2. The number of nitrogens with one attached hydrogen (secondary N) is 2. The Morgan fingerprint density at radius 1 is 1.33 bits per heavy atom. The van der Waals surface area contributed by atoms with Crippen LogP contribution in [0.25, 0.3) is 0 Å². The average molecular weight is 304 g/mol. The quantitative estimate of drug-likeness (QED) is 0.898. The molecule has 1 saturated heterocycles. The highest BCUT2D eigenvalue weighted by atomic mass is 32.2. The lowest BCUT2D eigenvalue weighted by Gasteiger charge is -2.26. The normalized spacial score (nSPS) is 25.1. The van der Waals surface area contributed by atoms with Crippen molar-refractivity contribution in [3.63, 3.8) is 0 Å². The summed E-state index contributed by atoms with van der Waals surface area (Å²) in [5.74, 6) is 1.99. The van der Waals surface area contributed by atoms with E-state index in [4.69, 9.17) is 0 Å². The molecule has 0 bridgehead atoms. The molecule has 4 heteroatoms. The number of hydrogen-bond acceptors (Lipinski definition) is 3. The third kappa shape index (κ3) is 4.01. The van der Waals surface area contributed by atoms with Crippen LogP contribution in [0, 0.1) is 5.92 Å². The van der Waals surface area contributed by atoms with E-state index in [0.29, 0.717) is 12.3 Å². The molecule has 2 heterocycles. The summed E-state index contributed by atoms with van der Waals surface area (Å²) in [6, 6.07) is 8.66. The Hall–Kier alpha value is -1.00. The predicted molar refractivity (Wildman–Crippen MR) is 87.5 cm³/mol. The number of carbonyl (C=O) groups excluding carboxylic acids is 1. The summed E-state index contributed by atoms with van der Waals surface area (Å²) >= 11 is 1.90. The number of amides is 1. The first-order valence-electron chi connectivity index (χ1n) is 8.05. The Kier molecular flexibility index (Phi) is 5.20. The Morgan fingerprint density at radius 3 is 3.10 bits per heavy atom. The molecule has 0 spiro atoms. The van der Waals surface area contributed by atoms with Crippen LogP contribution < -0.4 is 10.6 Å². The zero-order valence-electron chi connectivity index (χ0n) is 12.4. The van der Waals surface area contributed by atoms with E-state index in [1.54, 1.807) is 0 Å². The number of fused-ring (bicyclic) bond motifs is 1. The van der Waals surface area contributed by atoms with Gasteiger partial charge in [-0.2, -0.15) is 0 Å². The first-order chi connectivity index (χ1) is 10.3. The van der Waals surface area contributed by atoms with Crippen molar-refractivity contribution in [3.8, 4) is 0 Å². The van der Waals surface area contributed by atoms with Gasteiger partial charge in [-0.15, -0.1) is 11.8 Å². The second kappa shape index (κ2) is 7.32. The van der Waals surface area contributed by atoms with Gasteiger partial charge in [0.15, 0.2) is 0 Å². The maximum Gasteiger partial charge on any atom is 0.220 e. The van der Waals surface area contributed by atoms with Crippen molar-refractivity contribution in [2.24, 2.45) is 5.92 Å². The zero-order valence-corrected chi connectivity index (χ0v) is 13.3. The van der Waals surface area contributed by atoms with Gasteiger partial charge in [-0.05, 0) is 56.3 Å². The summed E-state index contributed by atoms with van der Waals surface area (Å²) in [6.07, 6.45) is 5.24. The van der Waals surface area contributed by atoms with Crippen molar-refractivity contribution in [2.75, 3.05) is 18.8 Å². The van der Waals surface area contributed by atoms with E-state index in [0.717, 1.165) is 31.7 Å². The lowest BCUT2D eigenvalue weighted by atomic mass is 9.94. The molecule has 2 aliphatic heterocycles. The molecule has 3 rings (SSSR count). The van der Waals surface area contributed by atoms with Crippen LogP contribution in [0.2, 0.25) is 0 Å². The van der Waals surface area contributed by atoms with Gasteiger partial charge < -0.3 is 10.6 Å². The summed E-state index contributed by atoms with van der Waals surface area (Å²) in [7, 11) is 0. The number of rotatable bonds is 4. The minimum atomic E-state index is 0.208. The molecule has 2 unspecified atom stereocenters. The SMILES string of the molecule is O=C(CCC1CCCNC1)NC1CCSc2ccccc21. The molecule has 0 aromatic heterocycles. The van der Waals surface area contributed by atoms with Crippen molar-refractivity contribution in [1.29, 1.82) is 0 Å². The van der Waals surface area contributed by atoms with Crippen molar-refractivity contribution >= 4 is 17.7 Å². The standard InChI is InChI=1S/C17H24N2OS/c20-17(8-7-13-4-3-10-18-12-13)19-15-9-11-21-16-6-2-1-5-14(15)16/h1-2,5-6,13,15,18H,3-4,7-12H2,(H,19,20). The van der Waals surface area contributed by atoms with Gasteiger partial charge in [0.2, 0.25) is 5.91 Å². The summed E-state index contributed by atoms with van der Waals surface area (Å²) in [6.45, 7) is 2.22. The van der Waals surface area contributed by atoms with E-state index in [-0.39, 0.29) is 11.9 Å². The monoisotopic (exact) mass is 304 g/mol. The van der Waals surface area contributed by atoms with Crippen LogP contribution in [-0.4, -0.2) is 24.7 Å². The van der Waals surface area contributed by atoms with Crippen molar-refractivity contribution in [3.05, 3.63) is 29.8 Å². The summed E-state index contributed by atoms with van der Waals surface area (Å²) < 4.78 is 0. The first kappa shape index (κ1) is 14.9. The molecular weight excluding hydrogens is 280 g/mol. The van der Waals surface area contributed by atoms with Crippen LogP contribution in [0.4, 0.5) is 0 Å². The molecular formula is C17H24N2OS. The molecule has 0 saturated carbocycles. The van der Waals surface area contributed by atoms with Crippen molar-refractivity contribution in [1.82, 2.24) is 10.6 Å². The highest BCUT2D eigenvalue weighted by molar-refractivity contribution is 7.99. The molecule has 114 valence electrons. The van der Waals surface area contributed by atoms with Crippen LogP contribution in [0.1, 0.15) is 43.7 Å². The van der Waals surface area contributed by atoms with Gasteiger partial charge in [0, 0.05) is 17.1 Å². The molecule has 1 aromatic rings. The van der Waals surface area contributed by atoms with Crippen LogP contribution in [0.5, 0.6) is 0 Å². The van der Waals surface area contributed by atoms with Gasteiger partial charge >= 0.3 is 0 Å². The molecule has 0 aliphatic carbocycles. The van der Waals surface area contributed by atoms with E-state index in [2.05, 4.69) is 34.9 Å². The minimum Gasteiger partial charge on any atom is -0.349 e. The second-order valence-corrected chi connectivity index (χ2v) is 7.18. The smallest absolute Gasteiger partial charge is 0.220 e. The molecule has 2 N–H and O–H groups in total. The maximum absolute atomic E-state index is 12.2. The third-order valence-corrected chi connectivity index (χ3v) is 5.59. The minimum absolute atomic E-state index is 0.208. The molecule has 3 nitrogen and oxygen atoms in total. The number of piperidine rings is 1. The van der Waals surface area contributed by atoms with Gasteiger partial charge in [0.25, 0.3) is 0 Å². The number of hydrogen-bond donors (Lipinski definition) is 2. The van der Waals surface area contributed by atoms with Gasteiger partial charge in [-0.25, -0.2) is 0 Å². The van der Waals surface area contributed by atoms with E-state index in [9.17, 15) is 4.79 Å². The molecule has 2 aliphatic rings. The van der Waals surface area contributed by atoms with E-state index in [1.165, 1.54) is 23.3 Å². The fourth-order valence-corrected chi connectivity index (χ4v) is 4.39. The molecule has 1 amide bonds. The fourth-order valence-electron chi connectivity index (χ4n) is 3.26. The number of benzene rings is 1. The highest BCUT2D eigenvalue weighted by Crippen LogP contribution is 2.35. The number of thioether (sulfide) groups is 1. The topological polar surface area (TPSA) is 41.1 Å². The Labute approximate surface area is 131 Å². The fraction of sp³-hybridized carbons (Fsp3) is 0.588. The Balaban J connectivity index is 1.51. The van der Waals surface area contributed by atoms with E-state index in [1.807, 2.05) is 11.8 Å². The highest BCUT2D eigenvalue weighted by Gasteiger charge is 2.22. The van der Waals surface area contributed by atoms with Crippen LogP contribution in [0.15, 0.2) is 29.2 Å². The second-order valence-electron chi connectivity index (χ2n) is 6.05. The van der Waals surface area contributed by atoms with E-state index < -0.39 is 0 Å². The lowest BCUT2D eigenvalue weighted by Crippen LogP contribution is -2.33. The average Bonchev–Trinajstić information content (AvgIpc) is 2.54. The van der Waals surface area contributed by atoms with Crippen molar-refractivity contribution < 1.29 is 4.79 Å². The first-order valence-corrected chi connectivity index (χ1v) is 9.03. The van der Waals surface area contributed by atoms with Crippen LogP contribution in [-0.2, 0) is 4.79 Å². The summed E-state index contributed by atoms with van der Waals surface area (Å²) in [5, 5.41) is 6.66. The summed E-state index contributed by atoms with van der Waals surface area (Å²) in [4.78, 5) is 13.5. The van der Waals surface area contributed by atoms with Gasteiger partial charge in [0.05, 0.1) is 6.04 Å². The van der Waals surface area contributed by atoms with Crippen LogP contribution >= 0.6 is 11.8 Å². The largest absolute Gasteiger partial charge is 0.349 e. The third-order valence-electron chi connectivity index (χ3n) is 4.47. The lowest BCUT2D eigenvalue weighted by molar-refractivity contribution is -0.122. The zero-order chi connectivity index (χ0) is 14.5. The summed E-state index contributed by atoms with van der Waals surface area (Å²) in [5.41, 5.74) is 1.29. The molecule has 1 fully saturated rings.